The Labute approximate surface area is 95.7 Å². The highest BCUT2D eigenvalue weighted by atomic mass is 16.3. The average Bonchev–Trinajstić information content (AvgIpc) is 2.27. The van der Waals surface area contributed by atoms with Crippen LogP contribution in [0, 0.1) is 0 Å². The van der Waals surface area contributed by atoms with Crippen LogP contribution in [0.2, 0.25) is 0 Å². The first-order valence-corrected chi connectivity index (χ1v) is 5.47. The predicted octanol–water partition coefficient (Wildman–Crippen LogP) is 1.42. The van der Waals surface area contributed by atoms with E-state index in [9.17, 15) is 4.79 Å². The van der Waals surface area contributed by atoms with Crippen LogP contribution in [0.4, 0.5) is 0 Å². The smallest absolute Gasteiger partial charge is 0.220 e. The van der Waals surface area contributed by atoms with Crippen LogP contribution < -0.4 is 5.32 Å². The zero-order chi connectivity index (χ0) is 12.0. The van der Waals surface area contributed by atoms with Gasteiger partial charge in [-0.3, -0.25) is 9.78 Å². The Morgan fingerprint density at radius 2 is 2.06 bits per heavy atom. The van der Waals surface area contributed by atoms with Gasteiger partial charge in [0.2, 0.25) is 5.91 Å². The minimum Gasteiger partial charge on any atom is -0.393 e. The maximum absolute atomic E-state index is 11.5. The number of aromatic nitrogens is 1. The zero-order valence-corrected chi connectivity index (χ0v) is 9.68. The maximum Gasteiger partial charge on any atom is 0.220 e. The molecular weight excluding hydrogens is 204 g/mol. The van der Waals surface area contributed by atoms with Crippen molar-refractivity contribution in [3.8, 4) is 0 Å². The van der Waals surface area contributed by atoms with Crippen LogP contribution in [0.25, 0.3) is 0 Å². The number of nitrogens with zero attached hydrogens (tertiary/aromatic N) is 1. The van der Waals surface area contributed by atoms with Crippen LogP contribution in [0.5, 0.6) is 0 Å². The zero-order valence-electron chi connectivity index (χ0n) is 9.68. The third-order valence-corrected chi connectivity index (χ3v) is 2.37. The number of aliphatic hydroxyl groups is 1. The van der Waals surface area contributed by atoms with Gasteiger partial charge in [0, 0.05) is 18.8 Å². The van der Waals surface area contributed by atoms with Gasteiger partial charge in [0.25, 0.3) is 0 Å². The van der Waals surface area contributed by atoms with Crippen molar-refractivity contribution >= 4 is 5.91 Å². The Morgan fingerprint density at radius 1 is 1.44 bits per heavy atom. The summed E-state index contributed by atoms with van der Waals surface area (Å²) in [4.78, 5) is 15.4. The van der Waals surface area contributed by atoms with Crippen LogP contribution in [0.15, 0.2) is 24.5 Å². The molecule has 4 heteroatoms. The summed E-state index contributed by atoms with van der Waals surface area (Å²) in [5.41, 5.74) is 1.03. The summed E-state index contributed by atoms with van der Waals surface area (Å²) in [7, 11) is 0. The summed E-state index contributed by atoms with van der Waals surface area (Å²) in [6, 6.07) is 3.73. The van der Waals surface area contributed by atoms with E-state index in [-0.39, 0.29) is 11.9 Å². The van der Waals surface area contributed by atoms with E-state index in [4.69, 9.17) is 5.11 Å². The molecule has 2 atom stereocenters. The fourth-order valence-corrected chi connectivity index (χ4v) is 1.39. The Morgan fingerprint density at radius 3 is 2.62 bits per heavy atom. The summed E-state index contributed by atoms with van der Waals surface area (Å²) in [5, 5.41) is 11.9. The molecule has 16 heavy (non-hydrogen) atoms. The van der Waals surface area contributed by atoms with E-state index in [1.54, 1.807) is 19.3 Å². The second kappa shape index (κ2) is 6.23. The van der Waals surface area contributed by atoms with E-state index < -0.39 is 6.10 Å². The molecule has 1 aromatic heterocycles. The first-order chi connectivity index (χ1) is 7.59. The van der Waals surface area contributed by atoms with E-state index in [2.05, 4.69) is 10.3 Å². The lowest BCUT2D eigenvalue weighted by Crippen LogP contribution is -2.27. The molecule has 0 fully saturated rings. The Bertz CT molecular complexity index is 325. The highest BCUT2D eigenvalue weighted by Crippen LogP contribution is 2.10. The summed E-state index contributed by atoms with van der Waals surface area (Å²) in [5.74, 6) is -0.0368. The molecule has 4 nitrogen and oxygen atoms in total. The van der Waals surface area contributed by atoms with Crippen molar-refractivity contribution in [2.24, 2.45) is 0 Å². The van der Waals surface area contributed by atoms with Gasteiger partial charge in [-0.05, 0) is 38.0 Å². The average molecular weight is 222 g/mol. The number of carbonyl (C=O) groups excluding carboxylic acids is 1. The standard InChI is InChI=1S/C12H18N2O2/c1-9(15)3-4-12(16)14-10(2)11-5-7-13-8-6-11/h5-10,15H,3-4H2,1-2H3,(H,14,16)/t9?,10-/m0/s1. The summed E-state index contributed by atoms with van der Waals surface area (Å²) in [6.07, 6.45) is 3.82. The highest BCUT2D eigenvalue weighted by molar-refractivity contribution is 5.76. The van der Waals surface area contributed by atoms with Crippen molar-refractivity contribution in [3.63, 3.8) is 0 Å². The molecule has 0 aliphatic heterocycles. The summed E-state index contributed by atoms with van der Waals surface area (Å²) >= 11 is 0. The quantitative estimate of drug-likeness (QED) is 0.792. The number of amides is 1. The molecule has 2 N–H and O–H groups in total. The molecule has 1 amide bonds. The molecule has 1 unspecified atom stereocenters. The van der Waals surface area contributed by atoms with Crippen LogP contribution in [0.3, 0.4) is 0 Å². The molecule has 0 saturated carbocycles. The van der Waals surface area contributed by atoms with Gasteiger partial charge in [-0.25, -0.2) is 0 Å². The van der Waals surface area contributed by atoms with Crippen molar-refractivity contribution in [1.82, 2.24) is 10.3 Å². The fourth-order valence-electron chi connectivity index (χ4n) is 1.39. The number of hydrogen-bond acceptors (Lipinski definition) is 3. The predicted molar refractivity (Wildman–Crippen MR) is 61.7 cm³/mol. The molecule has 1 rings (SSSR count). The number of pyridine rings is 1. The van der Waals surface area contributed by atoms with Crippen molar-refractivity contribution in [2.45, 2.75) is 38.8 Å². The number of carbonyl (C=O) groups is 1. The van der Waals surface area contributed by atoms with Crippen LogP contribution in [0.1, 0.15) is 38.3 Å². The number of nitrogens with one attached hydrogen (secondary N) is 1. The number of rotatable bonds is 5. The third kappa shape index (κ3) is 4.40. The summed E-state index contributed by atoms with van der Waals surface area (Å²) in [6.45, 7) is 3.61. The monoisotopic (exact) mass is 222 g/mol. The minimum absolute atomic E-state index is 0.0236. The van der Waals surface area contributed by atoms with Crippen molar-refractivity contribution in [2.75, 3.05) is 0 Å². The summed E-state index contributed by atoms with van der Waals surface area (Å²) < 4.78 is 0. The maximum atomic E-state index is 11.5. The number of aliphatic hydroxyl groups excluding tert-OH is 1. The molecule has 0 bridgehead atoms. The molecule has 0 spiro atoms. The molecule has 0 saturated heterocycles. The van der Waals surface area contributed by atoms with E-state index in [1.807, 2.05) is 19.1 Å². The van der Waals surface area contributed by atoms with Crippen molar-refractivity contribution in [1.29, 1.82) is 0 Å². The minimum atomic E-state index is -0.429. The van der Waals surface area contributed by atoms with Gasteiger partial charge in [-0.15, -0.1) is 0 Å². The Kier molecular flexibility index (Phi) is 4.92. The lowest BCUT2D eigenvalue weighted by atomic mass is 10.1. The van der Waals surface area contributed by atoms with Crippen LogP contribution in [-0.2, 0) is 4.79 Å². The van der Waals surface area contributed by atoms with Gasteiger partial charge in [0.1, 0.15) is 0 Å². The van der Waals surface area contributed by atoms with E-state index >= 15 is 0 Å². The molecule has 0 aliphatic rings. The van der Waals surface area contributed by atoms with Gasteiger partial charge < -0.3 is 10.4 Å². The van der Waals surface area contributed by atoms with Gasteiger partial charge >= 0.3 is 0 Å². The second-order valence-corrected chi connectivity index (χ2v) is 3.96. The van der Waals surface area contributed by atoms with Crippen molar-refractivity contribution in [3.05, 3.63) is 30.1 Å². The van der Waals surface area contributed by atoms with Gasteiger partial charge in [-0.2, -0.15) is 0 Å². The van der Waals surface area contributed by atoms with Gasteiger partial charge in [-0.1, -0.05) is 0 Å². The SMILES string of the molecule is CC(O)CCC(=O)N[C@@H](C)c1ccncc1. The van der Waals surface area contributed by atoms with E-state index in [0.717, 1.165) is 5.56 Å². The molecule has 0 aromatic carbocycles. The normalized spacial score (nSPS) is 14.2. The molecule has 1 aromatic rings. The lowest BCUT2D eigenvalue weighted by Gasteiger charge is -2.14. The van der Waals surface area contributed by atoms with Crippen LogP contribution >= 0.6 is 0 Å². The van der Waals surface area contributed by atoms with Crippen molar-refractivity contribution < 1.29 is 9.90 Å². The van der Waals surface area contributed by atoms with Gasteiger partial charge in [0.05, 0.1) is 12.1 Å². The second-order valence-electron chi connectivity index (χ2n) is 3.96. The molecule has 0 aliphatic carbocycles. The molecule has 1 heterocycles. The lowest BCUT2D eigenvalue weighted by molar-refractivity contribution is -0.122. The Balaban J connectivity index is 2.40. The Hall–Kier alpha value is -1.42. The molecule has 88 valence electrons. The topological polar surface area (TPSA) is 62.2 Å². The first-order valence-electron chi connectivity index (χ1n) is 5.47. The first kappa shape index (κ1) is 12.6. The third-order valence-electron chi connectivity index (χ3n) is 2.37. The molecule has 0 radical (unpaired) electrons. The highest BCUT2D eigenvalue weighted by Gasteiger charge is 2.09. The van der Waals surface area contributed by atoms with Crippen LogP contribution in [-0.4, -0.2) is 22.1 Å². The molecular formula is C12H18N2O2. The van der Waals surface area contributed by atoms with E-state index in [0.29, 0.717) is 12.8 Å². The fraction of sp³-hybridized carbons (Fsp3) is 0.500. The number of hydrogen-bond donors (Lipinski definition) is 2. The van der Waals surface area contributed by atoms with E-state index in [1.165, 1.54) is 0 Å². The van der Waals surface area contributed by atoms with Gasteiger partial charge in [0.15, 0.2) is 0 Å². The largest absolute Gasteiger partial charge is 0.393 e.